The zero-order chi connectivity index (χ0) is 25.7. The maximum Gasteiger partial charge on any atom is 0.346 e. The minimum absolute atomic E-state index is 0.0120. The standard InChI is InChI=1S/C24H26Cl2O8S/c1-11(2)9-16(27)14-7-8-17-18(21(14)31-4)24(28)32-10-15-19(25)12(3)20(26)23(22(15)33-17)34-35(29,30)13-5-6-13/h7-8,11,13,16,27H,5-6,9-10H2,1-4H3/t16-/m0/s1. The number of carbonyl (C=O) groups excluding carboxylic acids is 1. The van der Waals surface area contributed by atoms with Crippen molar-refractivity contribution in [2.24, 2.45) is 5.92 Å². The number of ether oxygens (including phenoxy) is 3. The molecular formula is C24H26Cl2O8S. The zero-order valence-corrected chi connectivity index (χ0v) is 22.0. The van der Waals surface area contributed by atoms with Gasteiger partial charge in [-0.2, -0.15) is 8.42 Å². The third kappa shape index (κ3) is 4.91. The number of hydrogen-bond acceptors (Lipinski definition) is 8. The average Bonchev–Trinajstić information content (AvgIpc) is 3.64. The second-order valence-corrected chi connectivity index (χ2v) is 11.6. The van der Waals surface area contributed by atoms with E-state index in [2.05, 4.69) is 0 Å². The van der Waals surface area contributed by atoms with Crippen LogP contribution in [0.4, 0.5) is 0 Å². The first-order valence-electron chi connectivity index (χ1n) is 11.1. The Kier molecular flexibility index (Phi) is 7.16. The summed E-state index contributed by atoms with van der Waals surface area (Å²) in [5.41, 5.74) is 0.922. The first-order valence-corrected chi connectivity index (χ1v) is 13.4. The Morgan fingerprint density at radius 3 is 2.46 bits per heavy atom. The number of halogens is 2. The zero-order valence-electron chi connectivity index (χ0n) is 19.7. The van der Waals surface area contributed by atoms with Crippen molar-refractivity contribution in [3.05, 3.63) is 44.4 Å². The minimum Gasteiger partial charge on any atom is -0.495 e. The van der Waals surface area contributed by atoms with Crippen LogP contribution < -0.4 is 13.7 Å². The number of aliphatic hydroxyl groups is 1. The van der Waals surface area contributed by atoms with Gasteiger partial charge in [0, 0.05) is 5.56 Å². The predicted octanol–water partition coefficient (Wildman–Crippen LogP) is 5.72. The number of rotatable bonds is 7. The van der Waals surface area contributed by atoms with Crippen LogP contribution >= 0.6 is 23.2 Å². The highest BCUT2D eigenvalue weighted by atomic mass is 35.5. The second kappa shape index (κ2) is 9.69. The van der Waals surface area contributed by atoms with Gasteiger partial charge in [-0.25, -0.2) is 4.79 Å². The first kappa shape index (κ1) is 25.9. The first-order chi connectivity index (χ1) is 16.5. The molecule has 1 aliphatic heterocycles. The number of aliphatic hydroxyl groups excluding tert-OH is 1. The summed E-state index contributed by atoms with van der Waals surface area (Å²) in [5, 5.41) is 10.2. The number of carbonyl (C=O) groups is 1. The normalized spacial score (nSPS) is 16.4. The predicted molar refractivity (Wildman–Crippen MR) is 130 cm³/mol. The Morgan fingerprint density at radius 1 is 1.17 bits per heavy atom. The van der Waals surface area contributed by atoms with Gasteiger partial charge < -0.3 is 23.5 Å². The summed E-state index contributed by atoms with van der Waals surface area (Å²) in [7, 11) is -2.58. The lowest BCUT2D eigenvalue weighted by atomic mass is 9.96. The van der Waals surface area contributed by atoms with E-state index < -0.39 is 27.4 Å². The van der Waals surface area contributed by atoms with Crippen molar-refractivity contribution >= 4 is 39.3 Å². The minimum atomic E-state index is -3.95. The molecule has 1 saturated carbocycles. The van der Waals surface area contributed by atoms with Gasteiger partial charge in [0.25, 0.3) is 0 Å². The van der Waals surface area contributed by atoms with Crippen LogP contribution in [-0.2, 0) is 21.5 Å². The van der Waals surface area contributed by atoms with Gasteiger partial charge in [0.15, 0.2) is 5.75 Å². The maximum atomic E-state index is 13.1. The van der Waals surface area contributed by atoms with Crippen molar-refractivity contribution in [1.82, 2.24) is 0 Å². The maximum absolute atomic E-state index is 13.1. The van der Waals surface area contributed by atoms with Crippen LogP contribution in [-0.4, -0.2) is 31.9 Å². The van der Waals surface area contributed by atoms with Gasteiger partial charge in [0.1, 0.15) is 23.7 Å². The topological polar surface area (TPSA) is 108 Å². The van der Waals surface area contributed by atoms with Gasteiger partial charge in [-0.15, -0.1) is 0 Å². The van der Waals surface area contributed by atoms with E-state index in [4.69, 9.17) is 41.6 Å². The van der Waals surface area contributed by atoms with Gasteiger partial charge in [-0.05, 0) is 49.8 Å². The molecule has 1 heterocycles. The van der Waals surface area contributed by atoms with E-state index in [1.165, 1.54) is 13.2 Å². The van der Waals surface area contributed by atoms with E-state index >= 15 is 0 Å². The molecule has 35 heavy (non-hydrogen) atoms. The highest BCUT2D eigenvalue weighted by Gasteiger charge is 2.40. The van der Waals surface area contributed by atoms with Gasteiger partial charge in [0.2, 0.25) is 5.75 Å². The largest absolute Gasteiger partial charge is 0.495 e. The summed E-state index contributed by atoms with van der Waals surface area (Å²) in [6.45, 7) is 5.20. The van der Waals surface area contributed by atoms with Crippen molar-refractivity contribution in [3.63, 3.8) is 0 Å². The van der Waals surface area contributed by atoms with Crippen molar-refractivity contribution in [1.29, 1.82) is 0 Å². The molecule has 0 bridgehead atoms. The van der Waals surface area contributed by atoms with Crippen LogP contribution in [0.1, 0.15) is 66.3 Å². The van der Waals surface area contributed by atoms with Gasteiger partial charge >= 0.3 is 16.1 Å². The molecule has 0 amide bonds. The lowest BCUT2D eigenvalue weighted by Gasteiger charge is -2.25. The summed E-state index contributed by atoms with van der Waals surface area (Å²) in [6.07, 6.45) is 0.536. The van der Waals surface area contributed by atoms with Crippen molar-refractivity contribution < 1.29 is 36.7 Å². The molecule has 0 spiro atoms. The summed E-state index contributed by atoms with van der Waals surface area (Å²) in [4.78, 5) is 13.1. The van der Waals surface area contributed by atoms with E-state index in [1.807, 2.05) is 13.8 Å². The summed E-state index contributed by atoms with van der Waals surface area (Å²) in [5.74, 6) is -0.743. The Balaban J connectivity index is 1.89. The molecule has 0 saturated heterocycles. The molecule has 0 aromatic heterocycles. The Hall–Kier alpha value is -2.20. The average molecular weight is 545 g/mol. The van der Waals surface area contributed by atoms with Gasteiger partial charge in [-0.1, -0.05) is 37.0 Å². The molecule has 11 heteroatoms. The van der Waals surface area contributed by atoms with Crippen molar-refractivity contribution in [2.75, 3.05) is 7.11 Å². The Bertz CT molecular complexity index is 1290. The van der Waals surface area contributed by atoms with Gasteiger partial charge in [-0.3, -0.25) is 0 Å². The molecule has 0 unspecified atom stereocenters. The number of benzene rings is 2. The smallest absolute Gasteiger partial charge is 0.346 e. The molecule has 1 aliphatic carbocycles. The second-order valence-electron chi connectivity index (χ2n) is 9.05. The fraction of sp³-hybridized carbons (Fsp3) is 0.458. The molecule has 1 N–H and O–H groups in total. The monoisotopic (exact) mass is 544 g/mol. The van der Waals surface area contributed by atoms with E-state index in [1.54, 1.807) is 13.0 Å². The third-order valence-corrected chi connectivity index (χ3v) is 8.56. The molecule has 2 aromatic carbocycles. The highest BCUT2D eigenvalue weighted by Crippen LogP contribution is 2.51. The summed E-state index contributed by atoms with van der Waals surface area (Å²) >= 11 is 13.0. The van der Waals surface area contributed by atoms with Crippen LogP contribution in [0.5, 0.6) is 23.0 Å². The molecule has 2 aliphatic rings. The van der Waals surface area contributed by atoms with Crippen LogP contribution in [0.15, 0.2) is 12.1 Å². The highest BCUT2D eigenvalue weighted by molar-refractivity contribution is 7.88. The lowest BCUT2D eigenvalue weighted by Crippen LogP contribution is -2.18. The van der Waals surface area contributed by atoms with E-state index in [0.29, 0.717) is 30.4 Å². The molecular weight excluding hydrogens is 519 g/mol. The molecule has 2 aromatic rings. The van der Waals surface area contributed by atoms with Crippen LogP contribution in [0.3, 0.4) is 0 Å². The molecule has 1 fully saturated rings. The molecule has 8 nitrogen and oxygen atoms in total. The lowest BCUT2D eigenvalue weighted by molar-refractivity contribution is 0.0454. The molecule has 4 rings (SSSR count). The van der Waals surface area contributed by atoms with Crippen molar-refractivity contribution in [2.45, 2.75) is 58.0 Å². The number of cyclic esters (lactones) is 1. The van der Waals surface area contributed by atoms with Crippen LogP contribution in [0, 0.1) is 12.8 Å². The third-order valence-electron chi connectivity index (χ3n) is 5.91. The number of hydrogen-bond donors (Lipinski definition) is 1. The number of esters is 1. The van der Waals surface area contributed by atoms with Gasteiger partial charge in [0.05, 0.1) is 34.1 Å². The summed E-state index contributed by atoms with van der Waals surface area (Å²) < 4.78 is 47.8. The Morgan fingerprint density at radius 2 is 1.86 bits per heavy atom. The molecule has 190 valence electrons. The summed E-state index contributed by atoms with van der Waals surface area (Å²) in [6, 6.07) is 3.06. The van der Waals surface area contributed by atoms with E-state index in [0.717, 1.165) is 0 Å². The number of fused-ring (bicyclic) bond motifs is 2. The van der Waals surface area contributed by atoms with Crippen LogP contribution in [0.2, 0.25) is 10.0 Å². The molecule has 0 radical (unpaired) electrons. The fourth-order valence-electron chi connectivity index (χ4n) is 3.92. The number of methoxy groups -OCH3 is 1. The fourth-order valence-corrected chi connectivity index (χ4v) is 5.70. The SMILES string of the molecule is COc1c([C@@H](O)CC(C)C)ccc2c1C(=O)OCc1c(Cl)c(C)c(Cl)c(OS(=O)(=O)C3CC3)c1O2. The Labute approximate surface area is 214 Å². The molecule has 1 atom stereocenters. The van der Waals surface area contributed by atoms with E-state index in [9.17, 15) is 18.3 Å². The van der Waals surface area contributed by atoms with Crippen molar-refractivity contribution in [3.8, 4) is 23.0 Å². The van der Waals surface area contributed by atoms with Crippen LogP contribution in [0.25, 0.3) is 0 Å². The quantitative estimate of drug-likeness (QED) is 0.348. The van der Waals surface area contributed by atoms with E-state index in [-0.39, 0.29) is 56.7 Å².